The summed E-state index contributed by atoms with van der Waals surface area (Å²) in [4.78, 5) is 38.5. The Morgan fingerprint density at radius 3 is 2.24 bits per heavy atom. The molecule has 3 aromatic carbocycles. The van der Waals surface area contributed by atoms with Crippen molar-refractivity contribution in [2.45, 2.75) is 6.92 Å². The highest BCUT2D eigenvalue weighted by atomic mass is 79.9. The molecule has 0 aromatic heterocycles. The number of carbonyl (C=O) groups excluding carboxylic acids is 3. The minimum absolute atomic E-state index is 0.136. The quantitative estimate of drug-likeness (QED) is 0.272. The molecular formula is C26H21BrN2O5. The van der Waals surface area contributed by atoms with Crippen LogP contribution in [-0.4, -0.2) is 31.1 Å². The second kappa shape index (κ2) is 10.4. The normalized spacial score (nSPS) is 14.8. The van der Waals surface area contributed by atoms with E-state index >= 15 is 0 Å². The number of nitrogens with zero attached hydrogens (tertiary/aromatic N) is 1. The van der Waals surface area contributed by atoms with E-state index in [0.29, 0.717) is 30.2 Å². The molecule has 1 heterocycles. The fourth-order valence-electron chi connectivity index (χ4n) is 3.33. The van der Waals surface area contributed by atoms with Crippen molar-refractivity contribution in [2.24, 2.45) is 0 Å². The lowest BCUT2D eigenvalue weighted by atomic mass is 10.1. The third kappa shape index (κ3) is 5.52. The molecule has 4 amide bonds. The molecule has 0 atom stereocenters. The van der Waals surface area contributed by atoms with E-state index in [1.54, 1.807) is 48.5 Å². The largest absolute Gasteiger partial charge is 0.490 e. The molecule has 0 spiro atoms. The van der Waals surface area contributed by atoms with E-state index < -0.39 is 17.8 Å². The van der Waals surface area contributed by atoms with Gasteiger partial charge in [-0.1, -0.05) is 40.2 Å². The highest BCUT2D eigenvalue weighted by molar-refractivity contribution is 9.10. The third-order valence-electron chi connectivity index (χ3n) is 4.99. The SMILES string of the molecule is Cc1cccc(OCCOc2ccc(/C=C3\C(=O)NC(=O)N(c4ccc(Br)cc4)C3=O)cc2)c1. The number of anilines is 1. The maximum Gasteiger partial charge on any atom is 0.335 e. The van der Waals surface area contributed by atoms with Gasteiger partial charge < -0.3 is 9.47 Å². The fourth-order valence-corrected chi connectivity index (χ4v) is 3.60. The number of barbiturate groups is 1. The molecule has 7 nitrogen and oxygen atoms in total. The number of nitrogens with one attached hydrogen (secondary N) is 1. The zero-order valence-corrected chi connectivity index (χ0v) is 19.9. The molecule has 1 aliphatic rings. The molecule has 172 valence electrons. The predicted octanol–water partition coefficient (Wildman–Crippen LogP) is 4.88. The standard InChI is InChI=1S/C26H21BrN2O5/c1-17-3-2-4-22(15-17)34-14-13-33-21-11-5-18(6-12-21)16-23-24(30)28-26(32)29(25(23)31)20-9-7-19(27)8-10-20/h2-12,15-16H,13-14H2,1H3,(H,28,30,32)/b23-16+. The Labute approximate surface area is 205 Å². The summed E-state index contributed by atoms with van der Waals surface area (Å²) in [7, 11) is 0. The second-order valence-electron chi connectivity index (χ2n) is 7.52. The number of ether oxygens (including phenoxy) is 2. The Morgan fingerprint density at radius 1 is 0.882 bits per heavy atom. The highest BCUT2D eigenvalue weighted by Crippen LogP contribution is 2.24. The smallest absolute Gasteiger partial charge is 0.335 e. The summed E-state index contributed by atoms with van der Waals surface area (Å²) < 4.78 is 12.2. The molecule has 0 saturated carbocycles. The lowest BCUT2D eigenvalue weighted by Gasteiger charge is -2.26. The Balaban J connectivity index is 1.40. The minimum Gasteiger partial charge on any atom is -0.490 e. The number of carbonyl (C=O) groups is 3. The summed E-state index contributed by atoms with van der Waals surface area (Å²) in [6.45, 7) is 2.75. The van der Waals surface area contributed by atoms with Crippen molar-refractivity contribution in [1.82, 2.24) is 5.32 Å². The van der Waals surface area contributed by atoms with Gasteiger partial charge in [0, 0.05) is 4.47 Å². The Kier molecular flexibility index (Phi) is 7.08. The topological polar surface area (TPSA) is 84.9 Å². The van der Waals surface area contributed by atoms with Gasteiger partial charge in [-0.25, -0.2) is 9.69 Å². The molecule has 34 heavy (non-hydrogen) atoms. The lowest BCUT2D eigenvalue weighted by Crippen LogP contribution is -2.54. The van der Waals surface area contributed by atoms with Crippen molar-refractivity contribution in [1.29, 1.82) is 0 Å². The van der Waals surface area contributed by atoms with Gasteiger partial charge in [-0.3, -0.25) is 14.9 Å². The van der Waals surface area contributed by atoms with Gasteiger partial charge in [0.25, 0.3) is 11.8 Å². The van der Waals surface area contributed by atoms with Gasteiger partial charge in [0.15, 0.2) is 0 Å². The summed E-state index contributed by atoms with van der Waals surface area (Å²) >= 11 is 3.32. The number of amides is 4. The van der Waals surface area contributed by atoms with Gasteiger partial charge in [0.05, 0.1) is 5.69 Å². The first-order valence-corrected chi connectivity index (χ1v) is 11.3. The van der Waals surface area contributed by atoms with E-state index in [2.05, 4.69) is 21.2 Å². The zero-order valence-electron chi connectivity index (χ0n) is 18.3. The van der Waals surface area contributed by atoms with Crippen molar-refractivity contribution in [3.8, 4) is 11.5 Å². The first-order chi connectivity index (χ1) is 16.4. The Morgan fingerprint density at radius 2 is 1.56 bits per heavy atom. The maximum absolute atomic E-state index is 12.9. The molecule has 1 aliphatic heterocycles. The van der Waals surface area contributed by atoms with Crippen molar-refractivity contribution in [2.75, 3.05) is 18.1 Å². The molecule has 4 rings (SSSR count). The van der Waals surface area contributed by atoms with Gasteiger partial charge in [0.1, 0.15) is 30.3 Å². The average molecular weight is 521 g/mol. The van der Waals surface area contributed by atoms with Gasteiger partial charge in [-0.05, 0) is 72.7 Å². The van der Waals surface area contributed by atoms with Crippen molar-refractivity contribution >= 4 is 45.5 Å². The van der Waals surface area contributed by atoms with Crippen LogP contribution in [0.2, 0.25) is 0 Å². The molecule has 1 N–H and O–H groups in total. The summed E-state index contributed by atoms with van der Waals surface area (Å²) in [5.74, 6) is -0.0144. The first-order valence-electron chi connectivity index (χ1n) is 10.5. The first kappa shape index (κ1) is 23.3. The van der Waals surface area contributed by atoms with Crippen molar-refractivity contribution < 1.29 is 23.9 Å². The van der Waals surface area contributed by atoms with Crippen LogP contribution in [0.3, 0.4) is 0 Å². The molecule has 8 heteroatoms. The number of imide groups is 2. The number of hydrogen-bond donors (Lipinski definition) is 1. The van der Waals surface area contributed by atoms with Crippen LogP contribution >= 0.6 is 15.9 Å². The molecule has 1 fully saturated rings. The summed E-state index contributed by atoms with van der Waals surface area (Å²) in [5.41, 5.74) is 1.97. The Bertz CT molecular complexity index is 1250. The number of halogens is 1. The number of rotatable bonds is 7. The summed E-state index contributed by atoms with van der Waals surface area (Å²) in [6, 6.07) is 20.6. The minimum atomic E-state index is -0.786. The number of hydrogen-bond acceptors (Lipinski definition) is 5. The van der Waals surface area contributed by atoms with Crippen LogP contribution in [-0.2, 0) is 9.59 Å². The van der Waals surface area contributed by atoms with Crippen molar-refractivity contribution in [3.63, 3.8) is 0 Å². The van der Waals surface area contributed by atoms with Crippen molar-refractivity contribution in [3.05, 3.63) is 94.0 Å². The van der Waals surface area contributed by atoms with Crippen LogP contribution in [0.4, 0.5) is 10.5 Å². The van der Waals surface area contributed by atoms with E-state index in [4.69, 9.17) is 9.47 Å². The van der Waals surface area contributed by atoms with E-state index in [0.717, 1.165) is 20.7 Å². The van der Waals surface area contributed by atoms with Gasteiger partial charge in [-0.2, -0.15) is 0 Å². The average Bonchev–Trinajstić information content (AvgIpc) is 2.81. The summed E-state index contributed by atoms with van der Waals surface area (Å²) in [6.07, 6.45) is 1.45. The molecule has 3 aromatic rings. The van der Waals surface area contributed by atoms with E-state index in [9.17, 15) is 14.4 Å². The lowest BCUT2D eigenvalue weighted by molar-refractivity contribution is -0.122. The highest BCUT2D eigenvalue weighted by Gasteiger charge is 2.36. The van der Waals surface area contributed by atoms with Gasteiger partial charge in [-0.15, -0.1) is 0 Å². The van der Waals surface area contributed by atoms with E-state index in [-0.39, 0.29) is 5.57 Å². The van der Waals surface area contributed by atoms with E-state index in [1.165, 1.54) is 6.08 Å². The van der Waals surface area contributed by atoms with Crippen LogP contribution < -0.4 is 19.7 Å². The second-order valence-corrected chi connectivity index (χ2v) is 8.43. The summed E-state index contributed by atoms with van der Waals surface area (Å²) in [5, 5.41) is 2.21. The maximum atomic E-state index is 12.9. The third-order valence-corrected chi connectivity index (χ3v) is 5.52. The van der Waals surface area contributed by atoms with Gasteiger partial charge in [0.2, 0.25) is 0 Å². The number of benzene rings is 3. The number of aryl methyl sites for hydroxylation is 1. The predicted molar refractivity (Wildman–Crippen MR) is 132 cm³/mol. The van der Waals surface area contributed by atoms with Gasteiger partial charge >= 0.3 is 6.03 Å². The van der Waals surface area contributed by atoms with E-state index in [1.807, 2.05) is 31.2 Å². The van der Waals surface area contributed by atoms with Crippen LogP contribution in [0, 0.1) is 6.92 Å². The molecule has 0 aliphatic carbocycles. The molecule has 1 saturated heterocycles. The molecular weight excluding hydrogens is 500 g/mol. The number of urea groups is 1. The van der Waals surface area contributed by atoms with Crippen LogP contribution in [0.1, 0.15) is 11.1 Å². The molecule has 0 unspecified atom stereocenters. The monoisotopic (exact) mass is 520 g/mol. The Hall–Kier alpha value is -3.91. The fraction of sp³-hybridized carbons (Fsp3) is 0.115. The molecule has 0 bridgehead atoms. The van der Waals surface area contributed by atoms with Crippen LogP contribution in [0.25, 0.3) is 6.08 Å². The van der Waals surface area contributed by atoms with Crippen LogP contribution in [0.15, 0.2) is 82.8 Å². The zero-order chi connectivity index (χ0) is 24.1. The van der Waals surface area contributed by atoms with Crippen LogP contribution in [0.5, 0.6) is 11.5 Å². The molecule has 0 radical (unpaired) electrons.